The van der Waals surface area contributed by atoms with Crippen LogP contribution in [-0.4, -0.2) is 36.6 Å². The van der Waals surface area contributed by atoms with Gasteiger partial charge in [0.1, 0.15) is 24.7 Å². The second-order valence-electron chi connectivity index (χ2n) is 7.47. The lowest BCUT2D eigenvalue weighted by Gasteiger charge is -2.26. The third kappa shape index (κ3) is 2.50. The molecule has 140 valence electrons. The van der Waals surface area contributed by atoms with E-state index in [4.69, 9.17) is 9.47 Å². The van der Waals surface area contributed by atoms with Crippen molar-refractivity contribution in [1.82, 2.24) is 0 Å². The quantitative estimate of drug-likeness (QED) is 0.793. The Balaban J connectivity index is 2.04. The third-order valence-electron chi connectivity index (χ3n) is 6.26. The smallest absolute Gasteiger partial charge is 0.131 e. The molecule has 2 N–H and O–H groups in total. The number of aliphatic hydroxyl groups is 2. The average molecular weight is 356 g/mol. The summed E-state index contributed by atoms with van der Waals surface area (Å²) in [5.41, 5.74) is 3.82. The predicted octanol–water partition coefficient (Wildman–Crippen LogP) is 3.76. The molecule has 2 aliphatic carbocycles. The highest BCUT2D eigenvalue weighted by Gasteiger charge is 2.48. The Labute approximate surface area is 154 Å². The van der Waals surface area contributed by atoms with Crippen molar-refractivity contribution in [3.8, 4) is 11.5 Å². The zero-order chi connectivity index (χ0) is 18.3. The summed E-state index contributed by atoms with van der Waals surface area (Å²) in [4.78, 5) is 0. The summed E-state index contributed by atoms with van der Waals surface area (Å²) in [7, 11) is 0. The maximum Gasteiger partial charge on any atom is 0.131 e. The van der Waals surface area contributed by atoms with Crippen molar-refractivity contribution in [2.75, 3.05) is 26.4 Å². The Kier molecular flexibility index (Phi) is 4.80. The van der Waals surface area contributed by atoms with Gasteiger partial charge in [0.05, 0.1) is 13.2 Å². The lowest BCUT2D eigenvalue weighted by molar-refractivity contribution is 0.198. The summed E-state index contributed by atoms with van der Waals surface area (Å²) in [5.74, 6) is 3.47. The van der Waals surface area contributed by atoms with Gasteiger partial charge >= 0.3 is 0 Å². The van der Waals surface area contributed by atoms with Gasteiger partial charge < -0.3 is 19.7 Å². The number of aliphatic hydroxyl groups excluding tert-OH is 2. The molecule has 0 aromatic heterocycles. The maximum absolute atomic E-state index is 9.35. The Morgan fingerprint density at radius 1 is 0.962 bits per heavy atom. The van der Waals surface area contributed by atoms with Gasteiger partial charge in [-0.3, -0.25) is 0 Å². The molecule has 1 fully saturated rings. The van der Waals surface area contributed by atoms with Crippen molar-refractivity contribution in [3.05, 3.63) is 34.9 Å². The van der Waals surface area contributed by atoms with Crippen LogP contribution in [0.2, 0.25) is 0 Å². The Morgan fingerprint density at radius 2 is 1.58 bits per heavy atom. The summed E-state index contributed by atoms with van der Waals surface area (Å²) in [6.45, 7) is 5.12. The minimum atomic E-state index is 0.0101. The number of benzene rings is 2. The van der Waals surface area contributed by atoms with Gasteiger partial charge in [0, 0.05) is 21.9 Å². The fraction of sp³-hybridized carbons (Fsp3) is 0.545. The lowest BCUT2D eigenvalue weighted by atomic mass is 9.85. The zero-order valence-corrected chi connectivity index (χ0v) is 15.6. The van der Waals surface area contributed by atoms with Gasteiger partial charge in [0.15, 0.2) is 0 Å². The number of rotatable bonds is 7. The molecule has 0 spiro atoms. The lowest BCUT2D eigenvalue weighted by Crippen LogP contribution is -2.12. The van der Waals surface area contributed by atoms with Gasteiger partial charge in [-0.15, -0.1) is 0 Å². The molecule has 4 heteroatoms. The molecule has 4 rings (SSSR count). The molecular weight excluding hydrogens is 328 g/mol. The van der Waals surface area contributed by atoms with Gasteiger partial charge in [-0.1, -0.05) is 32.0 Å². The molecule has 2 bridgehead atoms. The fourth-order valence-corrected chi connectivity index (χ4v) is 5.19. The van der Waals surface area contributed by atoms with Crippen LogP contribution < -0.4 is 9.47 Å². The number of hydrogen-bond acceptors (Lipinski definition) is 4. The molecular formula is C22H28O4. The number of aryl methyl sites for hydroxylation is 1. The van der Waals surface area contributed by atoms with Gasteiger partial charge in [0.2, 0.25) is 0 Å². The highest BCUT2D eigenvalue weighted by Crippen LogP contribution is 2.64. The van der Waals surface area contributed by atoms with Gasteiger partial charge in [-0.25, -0.2) is 0 Å². The van der Waals surface area contributed by atoms with Crippen LogP contribution >= 0.6 is 0 Å². The van der Waals surface area contributed by atoms with Crippen LogP contribution in [0, 0.1) is 5.92 Å². The predicted molar refractivity (Wildman–Crippen MR) is 102 cm³/mol. The summed E-state index contributed by atoms with van der Waals surface area (Å²) < 4.78 is 12.3. The minimum Gasteiger partial charge on any atom is -0.490 e. The first-order chi connectivity index (χ1) is 12.7. The van der Waals surface area contributed by atoms with Crippen LogP contribution in [0.4, 0.5) is 0 Å². The first kappa shape index (κ1) is 17.6. The van der Waals surface area contributed by atoms with E-state index in [-0.39, 0.29) is 13.2 Å². The summed E-state index contributed by atoms with van der Waals surface area (Å²) in [6.07, 6.45) is 3.29. The summed E-state index contributed by atoms with van der Waals surface area (Å²) in [6, 6.07) is 6.32. The molecule has 4 nitrogen and oxygen atoms in total. The van der Waals surface area contributed by atoms with Gasteiger partial charge in [-0.2, -0.15) is 0 Å². The van der Waals surface area contributed by atoms with Crippen molar-refractivity contribution >= 4 is 10.8 Å². The van der Waals surface area contributed by atoms with Crippen molar-refractivity contribution in [2.24, 2.45) is 5.92 Å². The third-order valence-corrected chi connectivity index (χ3v) is 6.26. The van der Waals surface area contributed by atoms with Crippen LogP contribution in [0.25, 0.3) is 10.8 Å². The Morgan fingerprint density at radius 3 is 2.19 bits per heavy atom. The van der Waals surface area contributed by atoms with E-state index in [0.717, 1.165) is 28.7 Å². The summed E-state index contributed by atoms with van der Waals surface area (Å²) in [5, 5.41) is 20.9. The van der Waals surface area contributed by atoms with Gasteiger partial charge in [0.25, 0.3) is 0 Å². The molecule has 3 atom stereocenters. The zero-order valence-electron chi connectivity index (χ0n) is 15.6. The fourth-order valence-electron chi connectivity index (χ4n) is 5.19. The van der Waals surface area contributed by atoms with Crippen molar-refractivity contribution < 1.29 is 19.7 Å². The number of fused-ring (bicyclic) bond motifs is 6. The van der Waals surface area contributed by atoms with Crippen LogP contribution in [0.1, 0.15) is 55.2 Å². The van der Waals surface area contributed by atoms with Crippen LogP contribution in [0.3, 0.4) is 0 Å². The molecule has 0 aliphatic heterocycles. The van der Waals surface area contributed by atoms with E-state index in [2.05, 4.69) is 32.0 Å². The average Bonchev–Trinajstić information content (AvgIpc) is 3.17. The second kappa shape index (κ2) is 7.09. The molecule has 0 saturated heterocycles. The van der Waals surface area contributed by atoms with E-state index >= 15 is 0 Å². The number of ether oxygens (including phenoxy) is 2. The first-order valence-electron chi connectivity index (χ1n) is 9.81. The molecule has 2 aromatic rings. The van der Waals surface area contributed by atoms with Crippen LogP contribution in [0.5, 0.6) is 11.5 Å². The molecule has 3 unspecified atom stereocenters. The molecule has 2 aliphatic rings. The molecule has 0 heterocycles. The monoisotopic (exact) mass is 356 g/mol. The molecule has 0 radical (unpaired) electrons. The molecule has 26 heavy (non-hydrogen) atoms. The van der Waals surface area contributed by atoms with Crippen molar-refractivity contribution in [2.45, 2.75) is 44.9 Å². The van der Waals surface area contributed by atoms with E-state index in [1.54, 1.807) is 0 Å². The van der Waals surface area contributed by atoms with Gasteiger partial charge in [-0.05, 0) is 42.6 Å². The molecule has 1 saturated carbocycles. The molecule has 2 aromatic carbocycles. The normalized spacial score (nSPS) is 23.5. The van der Waals surface area contributed by atoms with Crippen LogP contribution in [0.15, 0.2) is 18.2 Å². The maximum atomic E-state index is 9.35. The highest BCUT2D eigenvalue weighted by atomic mass is 16.5. The van der Waals surface area contributed by atoms with E-state index in [1.165, 1.54) is 29.5 Å². The Bertz CT molecular complexity index is 814. The second-order valence-corrected chi connectivity index (χ2v) is 7.47. The van der Waals surface area contributed by atoms with E-state index in [0.29, 0.717) is 31.0 Å². The minimum absolute atomic E-state index is 0.0101. The SMILES string of the molecule is CCc1cccc2c(OCCO)c3c(c(OCCO)c12)C1CCC3C1C. The van der Waals surface area contributed by atoms with E-state index in [9.17, 15) is 10.2 Å². The standard InChI is InChI=1S/C22H28O4/c1-3-14-5-4-6-17-18(14)22(26-12-10-24)20-16-8-7-15(13(16)2)19(20)21(17)25-11-9-23/h4-6,13,15-16,23-24H,3,7-12H2,1-2H3. The topological polar surface area (TPSA) is 58.9 Å². The van der Waals surface area contributed by atoms with E-state index in [1.807, 2.05) is 0 Å². The van der Waals surface area contributed by atoms with Crippen LogP contribution in [-0.2, 0) is 6.42 Å². The van der Waals surface area contributed by atoms with Crippen molar-refractivity contribution in [3.63, 3.8) is 0 Å². The first-order valence-corrected chi connectivity index (χ1v) is 9.81. The van der Waals surface area contributed by atoms with Crippen molar-refractivity contribution in [1.29, 1.82) is 0 Å². The molecule has 0 amide bonds. The highest BCUT2D eigenvalue weighted by molar-refractivity contribution is 5.99. The number of hydrogen-bond donors (Lipinski definition) is 2. The largest absolute Gasteiger partial charge is 0.490 e. The van der Waals surface area contributed by atoms with E-state index < -0.39 is 0 Å². The summed E-state index contributed by atoms with van der Waals surface area (Å²) >= 11 is 0. The Hall–Kier alpha value is -1.78.